The minimum Gasteiger partial charge on any atom is -0.481 e. The molecule has 0 bridgehead atoms. The summed E-state index contributed by atoms with van der Waals surface area (Å²) in [7, 11) is 1.59. The summed E-state index contributed by atoms with van der Waals surface area (Å²) >= 11 is 0. The zero-order valence-electron chi connectivity index (χ0n) is 9.22. The Kier molecular flexibility index (Phi) is 3.71. The molecule has 5 heteroatoms. The number of hydrogen-bond acceptors (Lipinski definition) is 5. The number of aliphatic hydroxyl groups is 1. The molecule has 1 saturated heterocycles. The SMILES string of the molecule is COc1ccc(CNC2COCC2O)cn1. The van der Waals surface area contributed by atoms with Crippen LogP contribution in [-0.4, -0.2) is 42.6 Å². The van der Waals surface area contributed by atoms with Gasteiger partial charge in [0.1, 0.15) is 0 Å². The Morgan fingerprint density at radius 2 is 2.44 bits per heavy atom. The number of nitrogens with one attached hydrogen (secondary N) is 1. The van der Waals surface area contributed by atoms with Gasteiger partial charge in [0.25, 0.3) is 0 Å². The van der Waals surface area contributed by atoms with E-state index >= 15 is 0 Å². The van der Waals surface area contributed by atoms with E-state index in [1.807, 2.05) is 12.1 Å². The number of hydrogen-bond donors (Lipinski definition) is 2. The number of methoxy groups -OCH3 is 1. The van der Waals surface area contributed by atoms with Crippen LogP contribution < -0.4 is 10.1 Å². The van der Waals surface area contributed by atoms with E-state index in [-0.39, 0.29) is 6.04 Å². The van der Waals surface area contributed by atoms with E-state index in [2.05, 4.69) is 10.3 Å². The summed E-state index contributed by atoms with van der Waals surface area (Å²) in [6.07, 6.45) is 1.35. The topological polar surface area (TPSA) is 63.6 Å². The highest BCUT2D eigenvalue weighted by molar-refractivity contribution is 5.17. The number of aromatic nitrogens is 1. The maximum absolute atomic E-state index is 9.53. The van der Waals surface area contributed by atoms with Gasteiger partial charge in [-0.25, -0.2) is 4.98 Å². The third-order valence-corrected chi connectivity index (χ3v) is 2.63. The fraction of sp³-hybridized carbons (Fsp3) is 0.545. The van der Waals surface area contributed by atoms with Gasteiger partial charge in [-0.2, -0.15) is 0 Å². The third kappa shape index (κ3) is 2.69. The van der Waals surface area contributed by atoms with Crippen molar-refractivity contribution >= 4 is 0 Å². The molecule has 2 unspecified atom stereocenters. The molecule has 88 valence electrons. The maximum Gasteiger partial charge on any atom is 0.212 e. The molecule has 1 fully saturated rings. The van der Waals surface area contributed by atoms with Crippen molar-refractivity contribution in [3.63, 3.8) is 0 Å². The van der Waals surface area contributed by atoms with Gasteiger partial charge in [-0.3, -0.25) is 0 Å². The molecule has 0 saturated carbocycles. The minimum atomic E-state index is -0.411. The molecule has 1 aromatic rings. The lowest BCUT2D eigenvalue weighted by molar-refractivity contribution is 0.122. The molecule has 1 aliphatic heterocycles. The van der Waals surface area contributed by atoms with Crippen LogP contribution in [0.15, 0.2) is 18.3 Å². The highest BCUT2D eigenvalue weighted by atomic mass is 16.5. The van der Waals surface area contributed by atoms with Gasteiger partial charge in [0.2, 0.25) is 5.88 Å². The van der Waals surface area contributed by atoms with Crippen LogP contribution in [0.5, 0.6) is 5.88 Å². The molecule has 0 aromatic carbocycles. The first-order valence-electron chi connectivity index (χ1n) is 5.27. The van der Waals surface area contributed by atoms with E-state index in [1.165, 1.54) is 0 Å². The fourth-order valence-corrected chi connectivity index (χ4v) is 1.62. The summed E-state index contributed by atoms with van der Waals surface area (Å²) in [4.78, 5) is 4.11. The van der Waals surface area contributed by atoms with Crippen molar-refractivity contribution in [3.8, 4) is 5.88 Å². The second-order valence-corrected chi connectivity index (χ2v) is 3.80. The van der Waals surface area contributed by atoms with E-state index in [0.717, 1.165) is 5.56 Å². The second-order valence-electron chi connectivity index (χ2n) is 3.80. The van der Waals surface area contributed by atoms with E-state index in [0.29, 0.717) is 25.6 Å². The van der Waals surface area contributed by atoms with Gasteiger partial charge in [-0.15, -0.1) is 0 Å². The Hall–Kier alpha value is -1.17. The Bertz CT molecular complexity index is 329. The monoisotopic (exact) mass is 224 g/mol. The van der Waals surface area contributed by atoms with Gasteiger partial charge in [-0.05, 0) is 5.56 Å². The standard InChI is InChI=1S/C11H16N2O3/c1-15-11-3-2-8(5-13-11)4-12-9-6-16-7-10(9)14/h2-3,5,9-10,12,14H,4,6-7H2,1H3. The first kappa shape index (κ1) is 11.3. The van der Waals surface area contributed by atoms with E-state index in [9.17, 15) is 5.11 Å². The Morgan fingerprint density at radius 3 is 3.00 bits per heavy atom. The Balaban J connectivity index is 1.84. The van der Waals surface area contributed by atoms with Gasteiger partial charge in [-0.1, -0.05) is 6.07 Å². The third-order valence-electron chi connectivity index (χ3n) is 2.63. The molecule has 1 aromatic heterocycles. The van der Waals surface area contributed by atoms with Gasteiger partial charge in [0.05, 0.1) is 32.5 Å². The molecule has 2 N–H and O–H groups in total. The molecule has 2 atom stereocenters. The van der Waals surface area contributed by atoms with Crippen LogP contribution in [0.2, 0.25) is 0 Å². The van der Waals surface area contributed by atoms with E-state index < -0.39 is 6.10 Å². The smallest absolute Gasteiger partial charge is 0.212 e. The number of ether oxygens (including phenoxy) is 2. The Labute approximate surface area is 94.4 Å². The van der Waals surface area contributed by atoms with Crippen LogP contribution in [0, 0.1) is 0 Å². The first-order valence-corrected chi connectivity index (χ1v) is 5.27. The van der Waals surface area contributed by atoms with Crippen LogP contribution in [0.25, 0.3) is 0 Å². The lowest BCUT2D eigenvalue weighted by atomic mass is 10.2. The second kappa shape index (κ2) is 5.25. The molecule has 0 radical (unpaired) electrons. The summed E-state index contributed by atoms with van der Waals surface area (Å²) in [6, 6.07) is 3.78. The fourth-order valence-electron chi connectivity index (χ4n) is 1.62. The molecule has 2 rings (SSSR count). The van der Waals surface area contributed by atoms with Crippen LogP contribution in [0.1, 0.15) is 5.56 Å². The highest BCUT2D eigenvalue weighted by Crippen LogP contribution is 2.09. The lowest BCUT2D eigenvalue weighted by Gasteiger charge is -2.14. The average molecular weight is 224 g/mol. The highest BCUT2D eigenvalue weighted by Gasteiger charge is 2.25. The Morgan fingerprint density at radius 1 is 1.56 bits per heavy atom. The van der Waals surface area contributed by atoms with Crippen molar-refractivity contribution in [1.29, 1.82) is 0 Å². The molecule has 2 heterocycles. The van der Waals surface area contributed by atoms with Crippen LogP contribution in [0.3, 0.4) is 0 Å². The number of aliphatic hydroxyl groups excluding tert-OH is 1. The van der Waals surface area contributed by atoms with Crippen LogP contribution >= 0.6 is 0 Å². The zero-order chi connectivity index (χ0) is 11.4. The molecule has 0 spiro atoms. The molecule has 1 aliphatic rings. The molecule has 5 nitrogen and oxygen atoms in total. The summed E-state index contributed by atoms with van der Waals surface area (Å²) < 4.78 is 10.1. The molecular formula is C11H16N2O3. The predicted octanol–water partition coefficient (Wildman–Crippen LogP) is -0.0605. The summed E-state index contributed by atoms with van der Waals surface area (Å²) in [5.41, 5.74) is 1.06. The van der Waals surface area contributed by atoms with Crippen molar-refractivity contribution in [2.45, 2.75) is 18.7 Å². The van der Waals surface area contributed by atoms with E-state index in [1.54, 1.807) is 13.3 Å². The molecule has 0 aliphatic carbocycles. The number of rotatable bonds is 4. The number of pyridine rings is 1. The van der Waals surface area contributed by atoms with Crippen molar-refractivity contribution in [2.24, 2.45) is 0 Å². The van der Waals surface area contributed by atoms with Gasteiger partial charge in [0, 0.05) is 18.8 Å². The molecule has 0 amide bonds. The molecule has 16 heavy (non-hydrogen) atoms. The number of nitrogens with zero attached hydrogens (tertiary/aromatic N) is 1. The largest absolute Gasteiger partial charge is 0.481 e. The summed E-state index contributed by atoms with van der Waals surface area (Å²) in [5.74, 6) is 0.605. The lowest BCUT2D eigenvalue weighted by Crippen LogP contribution is -2.38. The van der Waals surface area contributed by atoms with Crippen molar-refractivity contribution in [1.82, 2.24) is 10.3 Å². The quantitative estimate of drug-likeness (QED) is 0.750. The van der Waals surface area contributed by atoms with Crippen molar-refractivity contribution in [3.05, 3.63) is 23.9 Å². The van der Waals surface area contributed by atoms with Crippen LogP contribution in [0.4, 0.5) is 0 Å². The average Bonchev–Trinajstić information content (AvgIpc) is 2.73. The van der Waals surface area contributed by atoms with Gasteiger partial charge < -0.3 is 19.9 Å². The van der Waals surface area contributed by atoms with Gasteiger partial charge >= 0.3 is 0 Å². The normalized spacial score (nSPS) is 24.6. The zero-order valence-corrected chi connectivity index (χ0v) is 9.22. The van der Waals surface area contributed by atoms with Gasteiger partial charge in [0.15, 0.2) is 0 Å². The summed E-state index contributed by atoms with van der Waals surface area (Å²) in [5, 5.41) is 12.8. The van der Waals surface area contributed by atoms with Crippen molar-refractivity contribution in [2.75, 3.05) is 20.3 Å². The van der Waals surface area contributed by atoms with E-state index in [4.69, 9.17) is 9.47 Å². The minimum absolute atomic E-state index is 0.0158. The predicted molar refractivity (Wildman–Crippen MR) is 58.2 cm³/mol. The first-order chi connectivity index (χ1) is 7.79. The van der Waals surface area contributed by atoms with Crippen LogP contribution in [-0.2, 0) is 11.3 Å². The van der Waals surface area contributed by atoms with Crippen molar-refractivity contribution < 1.29 is 14.6 Å². The molecular weight excluding hydrogens is 208 g/mol. The maximum atomic E-state index is 9.53. The summed E-state index contributed by atoms with van der Waals surface area (Å²) in [6.45, 7) is 1.64.